The van der Waals surface area contributed by atoms with Gasteiger partial charge in [0.15, 0.2) is 0 Å². The topological polar surface area (TPSA) is 49.4 Å². The Morgan fingerprint density at radius 1 is 1.14 bits per heavy atom. The van der Waals surface area contributed by atoms with E-state index in [1.165, 1.54) is 0 Å². The molecule has 0 bridgehead atoms. The molecule has 0 radical (unpaired) electrons. The van der Waals surface area contributed by atoms with Gasteiger partial charge in [-0.1, -0.05) is 49.7 Å². The minimum Gasteiger partial charge on any atom is -0.355 e. The van der Waals surface area contributed by atoms with Crippen LogP contribution in [0.15, 0.2) is 53.4 Å². The molecular weight excluding hydrogens is 392 g/mol. The summed E-state index contributed by atoms with van der Waals surface area (Å²) in [4.78, 5) is 27.9. The first kappa shape index (κ1) is 20.7. The number of rotatable bonds is 6. The Morgan fingerprint density at radius 3 is 2.71 bits per heavy atom. The van der Waals surface area contributed by atoms with Gasteiger partial charge in [-0.3, -0.25) is 9.59 Å². The molecule has 0 aliphatic carbocycles. The molecule has 6 heteroatoms. The van der Waals surface area contributed by atoms with Crippen molar-refractivity contribution in [1.29, 1.82) is 0 Å². The normalized spacial score (nSPS) is 13.8. The second-order valence-corrected chi connectivity index (χ2v) is 9.11. The third-order valence-corrected chi connectivity index (χ3v) is 6.21. The molecule has 0 unspecified atom stereocenters. The van der Waals surface area contributed by atoms with Crippen LogP contribution >= 0.6 is 23.4 Å². The number of thioether (sulfide) groups is 1. The van der Waals surface area contributed by atoms with E-state index in [2.05, 4.69) is 19.2 Å². The first-order valence-corrected chi connectivity index (χ1v) is 10.8. The highest BCUT2D eigenvalue weighted by molar-refractivity contribution is 7.99. The third-order valence-electron chi connectivity index (χ3n) is 4.93. The van der Waals surface area contributed by atoms with Crippen LogP contribution < -0.4 is 10.2 Å². The Labute approximate surface area is 175 Å². The van der Waals surface area contributed by atoms with Crippen molar-refractivity contribution in [2.24, 2.45) is 0 Å². The molecular formula is C22H25ClN2O2S. The van der Waals surface area contributed by atoms with Gasteiger partial charge in [0.2, 0.25) is 11.8 Å². The van der Waals surface area contributed by atoms with Crippen LogP contribution in [0, 0.1) is 0 Å². The largest absolute Gasteiger partial charge is 0.355 e. The highest BCUT2D eigenvalue weighted by Gasteiger charge is 2.24. The molecule has 0 spiro atoms. The fourth-order valence-electron chi connectivity index (χ4n) is 3.20. The second-order valence-electron chi connectivity index (χ2n) is 7.53. The summed E-state index contributed by atoms with van der Waals surface area (Å²) in [5.74, 6) is 0.767. The molecule has 0 saturated heterocycles. The Morgan fingerprint density at radius 2 is 1.93 bits per heavy atom. The lowest BCUT2D eigenvalue weighted by Crippen LogP contribution is -2.38. The highest BCUT2D eigenvalue weighted by atomic mass is 35.5. The Balaban J connectivity index is 1.51. The molecule has 2 aromatic rings. The monoisotopic (exact) mass is 416 g/mol. The van der Waals surface area contributed by atoms with Crippen molar-refractivity contribution in [3.63, 3.8) is 0 Å². The number of fused-ring (bicyclic) bond motifs is 1. The number of anilines is 1. The number of para-hydroxylation sites is 1. The minimum absolute atomic E-state index is 0.00278. The van der Waals surface area contributed by atoms with Gasteiger partial charge in [-0.15, -0.1) is 11.8 Å². The summed E-state index contributed by atoms with van der Waals surface area (Å²) in [6.07, 6.45) is 0.401. The van der Waals surface area contributed by atoms with E-state index < -0.39 is 0 Å². The maximum Gasteiger partial charge on any atom is 0.227 e. The number of carbonyl (C=O) groups excluding carboxylic acids is 2. The number of hydrogen-bond donors (Lipinski definition) is 1. The molecule has 0 aromatic heterocycles. The number of carbonyl (C=O) groups is 2. The Kier molecular flexibility index (Phi) is 6.68. The average molecular weight is 417 g/mol. The first-order chi connectivity index (χ1) is 13.4. The predicted octanol–water partition coefficient (Wildman–Crippen LogP) is 4.65. The zero-order valence-electron chi connectivity index (χ0n) is 16.2. The summed E-state index contributed by atoms with van der Waals surface area (Å²) in [5.41, 5.74) is 1.78. The van der Waals surface area contributed by atoms with Gasteiger partial charge < -0.3 is 10.2 Å². The molecule has 4 nitrogen and oxygen atoms in total. The molecule has 0 fully saturated rings. The van der Waals surface area contributed by atoms with E-state index in [-0.39, 0.29) is 30.1 Å². The summed E-state index contributed by atoms with van der Waals surface area (Å²) in [6.45, 7) is 5.30. The van der Waals surface area contributed by atoms with E-state index in [0.717, 1.165) is 21.9 Å². The summed E-state index contributed by atoms with van der Waals surface area (Å²) < 4.78 is 0. The van der Waals surface area contributed by atoms with Crippen molar-refractivity contribution >= 4 is 40.9 Å². The average Bonchev–Trinajstić information content (AvgIpc) is 2.70. The molecule has 3 rings (SSSR count). The summed E-state index contributed by atoms with van der Waals surface area (Å²) in [6, 6.07) is 15.6. The maximum absolute atomic E-state index is 12.6. The first-order valence-electron chi connectivity index (χ1n) is 9.42. The van der Waals surface area contributed by atoms with Gasteiger partial charge in [0.1, 0.15) is 0 Å². The van der Waals surface area contributed by atoms with Crippen LogP contribution in [-0.4, -0.2) is 30.7 Å². The van der Waals surface area contributed by atoms with E-state index in [4.69, 9.17) is 11.6 Å². The quantitative estimate of drug-likeness (QED) is 0.745. The minimum atomic E-state index is -0.242. The zero-order chi connectivity index (χ0) is 20.1. The number of amides is 2. The van der Waals surface area contributed by atoms with Crippen molar-refractivity contribution in [1.82, 2.24) is 5.32 Å². The summed E-state index contributed by atoms with van der Waals surface area (Å²) in [7, 11) is 0. The number of nitrogens with zero attached hydrogens (tertiary/aromatic N) is 1. The smallest absolute Gasteiger partial charge is 0.227 e. The maximum atomic E-state index is 12.6. The van der Waals surface area contributed by atoms with Crippen molar-refractivity contribution in [3.8, 4) is 0 Å². The van der Waals surface area contributed by atoms with Crippen LogP contribution in [0.1, 0.15) is 32.3 Å². The van der Waals surface area contributed by atoms with Gasteiger partial charge in [0, 0.05) is 47.0 Å². The van der Waals surface area contributed by atoms with Crippen LogP contribution in [0.5, 0.6) is 0 Å². The van der Waals surface area contributed by atoms with Gasteiger partial charge in [-0.05, 0) is 29.8 Å². The van der Waals surface area contributed by atoms with Gasteiger partial charge in [-0.2, -0.15) is 0 Å². The van der Waals surface area contributed by atoms with Gasteiger partial charge in [-0.25, -0.2) is 0 Å². The Hall–Kier alpha value is -1.98. The third kappa shape index (κ3) is 5.09. The van der Waals surface area contributed by atoms with Gasteiger partial charge in [0.25, 0.3) is 0 Å². The van der Waals surface area contributed by atoms with Crippen molar-refractivity contribution in [2.75, 3.05) is 23.7 Å². The van der Waals surface area contributed by atoms with Crippen LogP contribution in [-0.2, 0) is 15.0 Å². The fraction of sp³-hybridized carbons (Fsp3) is 0.364. The van der Waals surface area contributed by atoms with E-state index in [1.54, 1.807) is 16.7 Å². The molecule has 1 aliphatic heterocycles. The van der Waals surface area contributed by atoms with Crippen molar-refractivity contribution < 1.29 is 9.59 Å². The molecule has 1 N–H and O–H groups in total. The zero-order valence-corrected chi connectivity index (χ0v) is 17.8. The van der Waals surface area contributed by atoms with E-state index in [0.29, 0.717) is 18.1 Å². The molecule has 1 heterocycles. The predicted molar refractivity (Wildman–Crippen MR) is 116 cm³/mol. The van der Waals surface area contributed by atoms with Gasteiger partial charge >= 0.3 is 0 Å². The second kappa shape index (κ2) is 9.01. The number of benzene rings is 2. The van der Waals surface area contributed by atoms with Crippen LogP contribution in [0.4, 0.5) is 5.69 Å². The number of hydrogen-bond acceptors (Lipinski definition) is 3. The molecule has 28 heavy (non-hydrogen) atoms. The highest BCUT2D eigenvalue weighted by Crippen LogP contribution is 2.34. The molecule has 148 valence electrons. The van der Waals surface area contributed by atoms with Gasteiger partial charge in [0.05, 0.1) is 5.69 Å². The van der Waals surface area contributed by atoms with Crippen molar-refractivity contribution in [3.05, 3.63) is 59.1 Å². The lowest BCUT2D eigenvalue weighted by molar-refractivity contribution is -0.125. The fourth-order valence-corrected chi connectivity index (χ4v) is 4.39. The summed E-state index contributed by atoms with van der Waals surface area (Å²) >= 11 is 7.84. The lowest BCUT2D eigenvalue weighted by atomic mass is 9.84. The van der Waals surface area contributed by atoms with Crippen LogP contribution in [0.25, 0.3) is 0 Å². The van der Waals surface area contributed by atoms with E-state index in [9.17, 15) is 9.59 Å². The van der Waals surface area contributed by atoms with E-state index in [1.807, 2.05) is 48.5 Å². The van der Waals surface area contributed by atoms with Crippen LogP contribution in [0.3, 0.4) is 0 Å². The lowest BCUT2D eigenvalue weighted by Gasteiger charge is -2.29. The molecule has 2 amide bonds. The molecule has 2 aromatic carbocycles. The molecule has 1 aliphatic rings. The number of halogens is 1. The standard InChI is InChI=1S/C22H25ClN2O2S/c1-22(2,16-6-5-7-17(23)14-16)15-24-20(26)10-11-21(27)25-12-13-28-19-9-4-3-8-18(19)25/h3-9,14H,10-13,15H2,1-2H3,(H,24,26). The molecule has 0 atom stereocenters. The van der Waals surface area contributed by atoms with Crippen LogP contribution in [0.2, 0.25) is 5.02 Å². The van der Waals surface area contributed by atoms with Crippen molar-refractivity contribution in [2.45, 2.75) is 37.0 Å². The SMILES string of the molecule is CC(C)(CNC(=O)CCC(=O)N1CCSc2ccccc21)c1cccc(Cl)c1. The van der Waals surface area contributed by atoms with E-state index >= 15 is 0 Å². The Bertz CT molecular complexity index is 869. The number of nitrogens with one attached hydrogen (secondary N) is 1. The molecule has 0 saturated carbocycles. The summed E-state index contributed by atoms with van der Waals surface area (Å²) in [5, 5.41) is 3.64.